The number of ether oxygens (including phenoxy) is 4. The third-order valence-corrected chi connectivity index (χ3v) is 6.77. The molecule has 1 aromatic heterocycles. The summed E-state index contributed by atoms with van der Waals surface area (Å²) in [4.78, 5) is 11.8. The zero-order valence-electron chi connectivity index (χ0n) is 21.7. The summed E-state index contributed by atoms with van der Waals surface area (Å²) in [6.45, 7) is 2.49. The molecule has 0 aliphatic carbocycles. The molecule has 12 heteroatoms. The van der Waals surface area contributed by atoms with E-state index in [1.54, 1.807) is 24.2 Å². The van der Waals surface area contributed by atoms with Crippen molar-refractivity contribution in [3.63, 3.8) is 0 Å². The number of rotatable bonds is 9. The number of methoxy groups -OCH3 is 2. The van der Waals surface area contributed by atoms with E-state index < -0.39 is 18.0 Å². The number of nitrogens with zero attached hydrogens (tertiary/aromatic N) is 3. The number of aromatic nitrogens is 1. The number of fused-ring (bicyclic) bond motifs is 3. The molecule has 0 amide bonds. The number of hydrazine groups is 2. The summed E-state index contributed by atoms with van der Waals surface area (Å²) in [5.74, 6) is 0.221. The van der Waals surface area contributed by atoms with Crippen molar-refractivity contribution < 1.29 is 28.1 Å². The summed E-state index contributed by atoms with van der Waals surface area (Å²) in [6.07, 6.45) is 1.12. The van der Waals surface area contributed by atoms with Crippen LogP contribution >= 0.6 is 11.6 Å². The van der Waals surface area contributed by atoms with Gasteiger partial charge in [0, 0.05) is 23.3 Å². The summed E-state index contributed by atoms with van der Waals surface area (Å²) in [6, 6.07) is 12.2. The number of esters is 1. The first kappa shape index (κ1) is 26.8. The molecule has 39 heavy (non-hydrogen) atoms. The zero-order valence-corrected chi connectivity index (χ0v) is 22.5. The molecule has 3 heterocycles. The van der Waals surface area contributed by atoms with Gasteiger partial charge in [0.2, 0.25) is 0 Å². The maximum atomic E-state index is 15.5. The molecule has 2 aliphatic heterocycles. The second kappa shape index (κ2) is 11.5. The van der Waals surface area contributed by atoms with Crippen LogP contribution in [-0.2, 0) is 14.3 Å². The first-order valence-corrected chi connectivity index (χ1v) is 12.9. The Morgan fingerprint density at radius 2 is 2.05 bits per heavy atom. The van der Waals surface area contributed by atoms with Crippen LogP contribution in [0.25, 0.3) is 5.69 Å². The number of nitrogens with one attached hydrogen (secondary N) is 2. The molecule has 0 saturated carbocycles. The van der Waals surface area contributed by atoms with Crippen molar-refractivity contribution in [2.75, 3.05) is 27.4 Å². The molecule has 0 fully saturated rings. The van der Waals surface area contributed by atoms with E-state index in [-0.39, 0.29) is 23.7 Å². The summed E-state index contributed by atoms with van der Waals surface area (Å²) in [5.41, 5.74) is 8.52. The standard InChI is InChI=1S/C27H29ClFN5O5/c1-4-38-24(35)15-23-30-32-34(31-23)13-11-21-20-6-5-12-33(20)19-9-7-16(28)14-17(19)26(39-21)25-18(29)8-10-22(36-2)27(25)37-3/h5-10,12,14,21,26,32H,4,11,13,15H2,1-3H3,(H,30,31)/t21-,26+/m0/s1. The summed E-state index contributed by atoms with van der Waals surface area (Å²) >= 11 is 6.43. The number of hydrogen-bond acceptors (Lipinski definition) is 9. The van der Waals surface area contributed by atoms with Gasteiger partial charge in [0.25, 0.3) is 0 Å². The fourth-order valence-corrected chi connectivity index (χ4v) is 5.04. The number of halogens is 2. The molecule has 0 saturated heterocycles. The van der Waals surface area contributed by atoms with Crippen LogP contribution in [0.5, 0.6) is 11.5 Å². The highest BCUT2D eigenvalue weighted by atomic mass is 35.5. The molecule has 0 spiro atoms. The van der Waals surface area contributed by atoms with Gasteiger partial charge in [-0.05, 0) is 55.8 Å². The zero-order chi connectivity index (χ0) is 27.5. The third kappa shape index (κ3) is 5.38. The van der Waals surface area contributed by atoms with Crippen molar-refractivity contribution in [2.45, 2.75) is 32.0 Å². The van der Waals surface area contributed by atoms with Gasteiger partial charge in [0.1, 0.15) is 24.4 Å². The number of benzene rings is 2. The molecule has 206 valence electrons. The highest BCUT2D eigenvalue weighted by Crippen LogP contribution is 2.47. The third-order valence-electron chi connectivity index (χ3n) is 6.54. The molecule has 0 bridgehead atoms. The fraction of sp³-hybridized carbons (Fsp3) is 0.333. The van der Waals surface area contributed by atoms with Gasteiger partial charge in [0.05, 0.1) is 37.8 Å². The Morgan fingerprint density at radius 3 is 2.82 bits per heavy atom. The van der Waals surface area contributed by atoms with Crippen molar-refractivity contribution >= 4 is 23.4 Å². The van der Waals surface area contributed by atoms with Gasteiger partial charge in [-0.15, -0.1) is 10.2 Å². The van der Waals surface area contributed by atoms with Gasteiger partial charge in [-0.3, -0.25) is 10.2 Å². The second-order valence-electron chi connectivity index (χ2n) is 8.90. The Kier molecular flexibility index (Phi) is 7.92. The van der Waals surface area contributed by atoms with Crippen LogP contribution < -0.4 is 20.4 Å². The van der Waals surface area contributed by atoms with Gasteiger partial charge in [0.15, 0.2) is 17.3 Å². The Balaban J connectivity index is 1.46. The lowest BCUT2D eigenvalue weighted by atomic mass is 9.97. The molecule has 10 nitrogen and oxygen atoms in total. The number of carbonyl (C=O) groups is 1. The van der Waals surface area contributed by atoms with E-state index in [9.17, 15) is 4.79 Å². The van der Waals surface area contributed by atoms with Crippen LogP contribution in [0.1, 0.15) is 48.8 Å². The van der Waals surface area contributed by atoms with Gasteiger partial charge in [-0.25, -0.2) is 9.93 Å². The Bertz CT molecular complexity index is 1400. The molecule has 0 unspecified atom stereocenters. The molecule has 3 aromatic rings. The first-order valence-electron chi connectivity index (χ1n) is 12.5. The molecule has 5 rings (SSSR count). The number of amidine groups is 1. The summed E-state index contributed by atoms with van der Waals surface area (Å²) < 4.78 is 40.4. The summed E-state index contributed by atoms with van der Waals surface area (Å²) in [5, 5.41) is 6.30. The maximum absolute atomic E-state index is 15.5. The van der Waals surface area contributed by atoms with Crippen molar-refractivity contribution in [2.24, 2.45) is 5.10 Å². The number of hydrogen-bond donors (Lipinski definition) is 2. The Morgan fingerprint density at radius 1 is 1.21 bits per heavy atom. The predicted octanol–water partition coefficient (Wildman–Crippen LogP) is 4.43. The average molecular weight is 558 g/mol. The number of hydrazone groups is 1. The van der Waals surface area contributed by atoms with E-state index in [4.69, 9.17) is 30.5 Å². The quantitative estimate of drug-likeness (QED) is 0.373. The van der Waals surface area contributed by atoms with Gasteiger partial charge in [-0.1, -0.05) is 11.6 Å². The molecular weight excluding hydrogens is 529 g/mol. The van der Waals surface area contributed by atoms with E-state index in [1.165, 1.54) is 26.4 Å². The minimum absolute atomic E-state index is 0.0210. The predicted molar refractivity (Wildman–Crippen MR) is 142 cm³/mol. The van der Waals surface area contributed by atoms with Crippen molar-refractivity contribution in [1.29, 1.82) is 0 Å². The van der Waals surface area contributed by atoms with Crippen LogP contribution in [0.15, 0.2) is 53.8 Å². The molecular formula is C27H29ClFN5O5. The van der Waals surface area contributed by atoms with Crippen LogP contribution in [0.4, 0.5) is 4.39 Å². The average Bonchev–Trinajstić information content (AvgIpc) is 3.56. The van der Waals surface area contributed by atoms with E-state index in [2.05, 4.69) is 16.1 Å². The SMILES string of the molecule is CCOC(=O)CC1=NNN(CC[C@@H]2O[C@@H](c3c(F)ccc(OC)c3OC)c3cc(Cl)ccc3-n3cccc32)N1. The fourth-order valence-electron chi connectivity index (χ4n) is 4.86. The van der Waals surface area contributed by atoms with E-state index in [1.807, 2.05) is 29.0 Å². The number of carbonyl (C=O) groups excluding carboxylic acids is 1. The van der Waals surface area contributed by atoms with Crippen molar-refractivity contribution in [3.8, 4) is 17.2 Å². The molecule has 2 aliphatic rings. The van der Waals surface area contributed by atoms with Crippen LogP contribution in [0.3, 0.4) is 0 Å². The second-order valence-corrected chi connectivity index (χ2v) is 9.34. The Hall–Kier alpha value is -3.80. The smallest absolute Gasteiger partial charge is 0.313 e. The first-order chi connectivity index (χ1) is 18.9. The lowest BCUT2D eigenvalue weighted by molar-refractivity contribution is -0.141. The normalized spacial score (nSPS) is 18.2. The Labute approximate surface area is 230 Å². The van der Waals surface area contributed by atoms with Gasteiger partial charge < -0.3 is 23.5 Å². The maximum Gasteiger partial charge on any atom is 0.313 e. The van der Waals surface area contributed by atoms with Crippen LogP contribution in [-0.4, -0.2) is 48.9 Å². The minimum atomic E-state index is -0.858. The van der Waals surface area contributed by atoms with Crippen molar-refractivity contribution in [3.05, 3.63) is 76.3 Å². The highest BCUT2D eigenvalue weighted by molar-refractivity contribution is 6.30. The van der Waals surface area contributed by atoms with Gasteiger partial charge in [-0.2, -0.15) is 0 Å². The van der Waals surface area contributed by atoms with E-state index in [0.29, 0.717) is 41.7 Å². The van der Waals surface area contributed by atoms with E-state index >= 15 is 4.39 Å². The lowest BCUT2D eigenvalue weighted by Gasteiger charge is -2.26. The molecule has 2 N–H and O–H groups in total. The van der Waals surface area contributed by atoms with Gasteiger partial charge >= 0.3 is 5.97 Å². The minimum Gasteiger partial charge on any atom is -0.493 e. The van der Waals surface area contributed by atoms with Crippen LogP contribution in [0, 0.1) is 5.82 Å². The van der Waals surface area contributed by atoms with Crippen molar-refractivity contribution in [1.82, 2.24) is 20.6 Å². The summed E-state index contributed by atoms with van der Waals surface area (Å²) in [7, 11) is 2.97. The van der Waals surface area contributed by atoms with E-state index in [0.717, 1.165) is 11.4 Å². The highest BCUT2D eigenvalue weighted by Gasteiger charge is 2.35. The lowest BCUT2D eigenvalue weighted by Crippen LogP contribution is -2.43. The molecule has 0 radical (unpaired) electrons. The topological polar surface area (TPSA) is 98.6 Å². The molecule has 2 aromatic carbocycles. The monoisotopic (exact) mass is 557 g/mol. The van der Waals surface area contributed by atoms with Crippen LogP contribution in [0.2, 0.25) is 5.02 Å². The largest absolute Gasteiger partial charge is 0.493 e. The molecule has 2 atom stereocenters.